The molecule has 13 heavy (non-hydrogen) atoms. The van der Waals surface area contributed by atoms with Crippen molar-refractivity contribution in [3.8, 4) is 0 Å². The molecule has 1 heterocycles. The largest absolute Gasteiger partial charge is 0.476 e. The van der Waals surface area contributed by atoms with Crippen LogP contribution in [0.2, 0.25) is 0 Å². The number of hydrogen-bond donors (Lipinski definition) is 1. The molecule has 68 valence electrons. The Morgan fingerprint density at radius 3 is 2.23 bits per heavy atom. The third-order valence-electron chi connectivity index (χ3n) is 1.27. The standard InChI is InChI=1S/C7H6N2O3S/c1-13-7(12)5-3-8-4(2-9-5)6(10)11/h2-3H,1H3,(H,10,11). The van der Waals surface area contributed by atoms with Crippen LogP contribution in [0, 0.1) is 0 Å². The number of carboxylic acid groups (broad SMARTS) is 1. The minimum Gasteiger partial charge on any atom is -0.476 e. The molecule has 0 unspecified atom stereocenters. The number of nitrogens with zero attached hydrogens (tertiary/aromatic N) is 2. The van der Waals surface area contributed by atoms with Crippen LogP contribution in [0.3, 0.4) is 0 Å². The summed E-state index contributed by atoms with van der Waals surface area (Å²) in [5.74, 6) is -1.16. The predicted octanol–water partition coefficient (Wildman–Crippen LogP) is 0.678. The Labute approximate surface area is 78.2 Å². The molecule has 0 aliphatic carbocycles. The van der Waals surface area contributed by atoms with Crippen LogP contribution < -0.4 is 0 Å². The number of carboxylic acids is 1. The lowest BCUT2D eigenvalue weighted by molar-refractivity contribution is 0.0689. The van der Waals surface area contributed by atoms with Gasteiger partial charge >= 0.3 is 5.97 Å². The molecule has 1 N–H and O–H groups in total. The molecule has 1 rings (SSSR count). The van der Waals surface area contributed by atoms with Crippen LogP contribution in [0.4, 0.5) is 0 Å². The Morgan fingerprint density at radius 1 is 1.31 bits per heavy atom. The van der Waals surface area contributed by atoms with Gasteiger partial charge in [-0.3, -0.25) is 4.79 Å². The Kier molecular flexibility index (Phi) is 2.97. The normalized spacial score (nSPS) is 9.62. The minimum absolute atomic E-state index is 0.164. The highest BCUT2D eigenvalue weighted by atomic mass is 32.2. The summed E-state index contributed by atoms with van der Waals surface area (Å²) >= 11 is 1.00. The maximum Gasteiger partial charge on any atom is 0.356 e. The third kappa shape index (κ3) is 2.25. The predicted molar refractivity (Wildman–Crippen MR) is 46.8 cm³/mol. The van der Waals surface area contributed by atoms with Gasteiger partial charge in [0.2, 0.25) is 5.12 Å². The van der Waals surface area contributed by atoms with Gasteiger partial charge in [-0.25, -0.2) is 14.8 Å². The number of thioether (sulfide) groups is 1. The maximum atomic E-state index is 11.0. The van der Waals surface area contributed by atoms with Crippen molar-refractivity contribution in [3.05, 3.63) is 23.8 Å². The van der Waals surface area contributed by atoms with E-state index in [1.165, 1.54) is 0 Å². The van der Waals surface area contributed by atoms with Crippen molar-refractivity contribution in [3.63, 3.8) is 0 Å². The van der Waals surface area contributed by atoms with Gasteiger partial charge in [0.05, 0.1) is 12.4 Å². The maximum absolute atomic E-state index is 11.0. The van der Waals surface area contributed by atoms with Gasteiger partial charge in [0.15, 0.2) is 5.69 Å². The zero-order chi connectivity index (χ0) is 9.84. The van der Waals surface area contributed by atoms with Gasteiger partial charge < -0.3 is 5.11 Å². The van der Waals surface area contributed by atoms with E-state index < -0.39 is 5.97 Å². The van der Waals surface area contributed by atoms with Crippen LogP contribution in [0.1, 0.15) is 21.0 Å². The first-order valence-corrected chi connectivity index (χ1v) is 4.51. The number of rotatable bonds is 2. The zero-order valence-electron chi connectivity index (χ0n) is 6.72. The van der Waals surface area contributed by atoms with Crippen LogP contribution in [0.25, 0.3) is 0 Å². The van der Waals surface area contributed by atoms with E-state index in [1.54, 1.807) is 6.26 Å². The molecule has 0 amide bonds. The van der Waals surface area contributed by atoms with Crippen molar-refractivity contribution in [1.82, 2.24) is 9.97 Å². The first-order chi connectivity index (χ1) is 6.15. The molecule has 5 nitrogen and oxygen atoms in total. The lowest BCUT2D eigenvalue weighted by Crippen LogP contribution is -2.04. The molecule has 0 atom stereocenters. The molecule has 0 bridgehead atoms. The van der Waals surface area contributed by atoms with Crippen molar-refractivity contribution in [2.45, 2.75) is 0 Å². The summed E-state index contributed by atoms with van der Waals surface area (Å²) < 4.78 is 0. The van der Waals surface area contributed by atoms with Crippen molar-refractivity contribution in [2.75, 3.05) is 6.26 Å². The quantitative estimate of drug-likeness (QED) is 0.752. The van der Waals surface area contributed by atoms with Crippen LogP contribution in [0.15, 0.2) is 12.4 Å². The van der Waals surface area contributed by atoms with E-state index in [1.807, 2.05) is 0 Å². The second-order valence-electron chi connectivity index (χ2n) is 2.08. The number of aromatic carboxylic acids is 1. The third-order valence-corrected chi connectivity index (χ3v) is 1.85. The fourth-order valence-corrected chi connectivity index (χ4v) is 0.963. The summed E-state index contributed by atoms with van der Waals surface area (Å²) in [4.78, 5) is 28.6. The second kappa shape index (κ2) is 3.99. The summed E-state index contributed by atoms with van der Waals surface area (Å²) in [7, 11) is 0. The van der Waals surface area contributed by atoms with Gasteiger partial charge in [0.1, 0.15) is 5.69 Å². The Morgan fingerprint density at radius 2 is 1.85 bits per heavy atom. The molecule has 0 fully saturated rings. The van der Waals surface area contributed by atoms with Crippen molar-refractivity contribution in [1.29, 1.82) is 0 Å². The first-order valence-electron chi connectivity index (χ1n) is 3.29. The number of hydrogen-bond acceptors (Lipinski definition) is 5. The topological polar surface area (TPSA) is 80.2 Å². The van der Waals surface area contributed by atoms with E-state index in [9.17, 15) is 9.59 Å². The zero-order valence-corrected chi connectivity index (χ0v) is 7.54. The molecular formula is C7H6N2O3S. The SMILES string of the molecule is CSC(=O)c1cnc(C(=O)O)cn1. The van der Waals surface area contributed by atoms with Crippen LogP contribution in [0.5, 0.6) is 0 Å². The van der Waals surface area contributed by atoms with E-state index >= 15 is 0 Å². The smallest absolute Gasteiger partial charge is 0.356 e. The van der Waals surface area contributed by atoms with Crippen molar-refractivity contribution < 1.29 is 14.7 Å². The summed E-state index contributed by atoms with van der Waals surface area (Å²) in [6.07, 6.45) is 3.84. The molecule has 0 aliphatic heterocycles. The highest BCUT2D eigenvalue weighted by Gasteiger charge is 2.08. The highest BCUT2D eigenvalue weighted by molar-refractivity contribution is 8.13. The molecule has 0 radical (unpaired) electrons. The lowest BCUT2D eigenvalue weighted by Gasteiger charge is -1.95. The van der Waals surface area contributed by atoms with E-state index in [0.29, 0.717) is 0 Å². The van der Waals surface area contributed by atoms with Gasteiger partial charge in [-0.15, -0.1) is 0 Å². The van der Waals surface area contributed by atoms with Crippen molar-refractivity contribution in [2.24, 2.45) is 0 Å². The molecule has 0 aliphatic rings. The molecule has 1 aromatic rings. The fourth-order valence-electron chi connectivity index (χ4n) is 0.648. The van der Waals surface area contributed by atoms with E-state index in [2.05, 4.69) is 9.97 Å². The number of carbonyl (C=O) groups is 2. The first kappa shape index (κ1) is 9.66. The average molecular weight is 198 g/mol. The lowest BCUT2D eigenvalue weighted by atomic mass is 10.4. The number of carbonyl (C=O) groups excluding carboxylic acids is 1. The second-order valence-corrected chi connectivity index (χ2v) is 2.86. The molecule has 6 heteroatoms. The molecule has 0 spiro atoms. The minimum atomic E-state index is -1.16. The fraction of sp³-hybridized carbons (Fsp3) is 0.143. The molecule has 1 aromatic heterocycles. The van der Waals surface area contributed by atoms with Crippen LogP contribution in [-0.4, -0.2) is 32.4 Å². The van der Waals surface area contributed by atoms with Gasteiger partial charge in [-0.05, 0) is 6.26 Å². The Bertz CT molecular complexity index is 336. The summed E-state index contributed by atoms with van der Waals surface area (Å²) in [6.45, 7) is 0. The Hall–Kier alpha value is -1.43. The van der Waals surface area contributed by atoms with Gasteiger partial charge in [-0.1, -0.05) is 11.8 Å². The van der Waals surface area contributed by atoms with E-state index in [4.69, 9.17) is 5.11 Å². The average Bonchev–Trinajstić information content (AvgIpc) is 2.17. The van der Waals surface area contributed by atoms with Crippen molar-refractivity contribution >= 4 is 22.8 Å². The van der Waals surface area contributed by atoms with Gasteiger partial charge in [0.25, 0.3) is 0 Å². The highest BCUT2D eigenvalue weighted by Crippen LogP contribution is 2.05. The van der Waals surface area contributed by atoms with Crippen LogP contribution in [-0.2, 0) is 0 Å². The van der Waals surface area contributed by atoms with Crippen LogP contribution >= 0.6 is 11.8 Å². The number of aromatic nitrogens is 2. The molecular weight excluding hydrogens is 192 g/mol. The molecule has 0 saturated heterocycles. The van der Waals surface area contributed by atoms with Gasteiger partial charge in [-0.2, -0.15) is 0 Å². The monoisotopic (exact) mass is 198 g/mol. The van der Waals surface area contributed by atoms with E-state index in [-0.39, 0.29) is 16.5 Å². The molecule has 0 aromatic carbocycles. The summed E-state index contributed by atoms with van der Waals surface area (Å²) in [6, 6.07) is 0. The van der Waals surface area contributed by atoms with Gasteiger partial charge in [0, 0.05) is 0 Å². The Balaban J connectivity index is 2.93. The molecule has 0 saturated carbocycles. The van der Waals surface area contributed by atoms with E-state index in [0.717, 1.165) is 24.2 Å². The summed E-state index contributed by atoms with van der Waals surface area (Å²) in [5.41, 5.74) is -0.00449. The summed E-state index contributed by atoms with van der Waals surface area (Å²) in [5, 5.41) is 8.25.